The largest absolute Gasteiger partial charge is 0.106 e. The van der Waals surface area contributed by atoms with Gasteiger partial charge in [0.2, 0.25) is 0 Å². The minimum atomic E-state index is 1.10. The maximum absolute atomic E-state index is 2.74. The first-order valence-electron chi connectivity index (χ1n) is 9.12. The molecule has 0 heterocycles. The van der Waals surface area contributed by atoms with Gasteiger partial charge in [-0.15, -0.1) is 9.24 Å². The summed E-state index contributed by atoms with van der Waals surface area (Å²) in [5, 5.41) is 1.23. The Labute approximate surface area is 158 Å². The smallest absolute Gasteiger partial charge is 0.0184 e. The third-order valence-corrected chi connectivity index (χ3v) is 5.46. The highest BCUT2D eigenvalue weighted by Crippen LogP contribution is 2.32. The second kappa shape index (κ2) is 7.44. The van der Waals surface area contributed by atoms with Crippen molar-refractivity contribution in [1.82, 2.24) is 0 Å². The van der Waals surface area contributed by atoms with Gasteiger partial charge in [-0.3, -0.25) is 0 Å². The van der Waals surface area contributed by atoms with Crippen LogP contribution in [0.3, 0.4) is 0 Å². The Kier molecular flexibility index (Phi) is 4.87. The van der Waals surface area contributed by atoms with E-state index >= 15 is 0 Å². The quantitative estimate of drug-likeness (QED) is 0.476. The van der Waals surface area contributed by atoms with Gasteiger partial charge in [-0.2, -0.15) is 0 Å². The molecule has 0 fully saturated rings. The van der Waals surface area contributed by atoms with E-state index in [9.17, 15) is 0 Å². The molecule has 0 aliphatic heterocycles. The Bertz CT molecular complexity index is 956. The molecule has 1 atom stereocenters. The van der Waals surface area contributed by atoms with Crippen molar-refractivity contribution >= 4 is 25.7 Å². The minimum Gasteiger partial charge on any atom is -0.106 e. The molecule has 0 spiro atoms. The summed E-state index contributed by atoms with van der Waals surface area (Å²) in [6.45, 7) is 2.12. The van der Waals surface area contributed by atoms with Crippen LogP contribution in [0.15, 0.2) is 84.9 Å². The van der Waals surface area contributed by atoms with E-state index in [0.717, 1.165) is 12.8 Å². The summed E-state index contributed by atoms with van der Waals surface area (Å²) in [5.74, 6) is 0. The predicted octanol–water partition coefficient (Wildman–Crippen LogP) is 6.42. The number of allylic oxidation sites excluding steroid dienone is 4. The number of rotatable bonds is 3. The van der Waals surface area contributed by atoms with E-state index < -0.39 is 0 Å². The molecule has 0 nitrogen and oxygen atoms in total. The molecule has 1 unspecified atom stereocenters. The molecule has 1 heteroatoms. The molecule has 26 heavy (non-hydrogen) atoms. The fourth-order valence-electron chi connectivity index (χ4n) is 3.44. The molecule has 0 saturated heterocycles. The predicted molar refractivity (Wildman–Crippen MR) is 118 cm³/mol. The first kappa shape index (κ1) is 17.0. The van der Waals surface area contributed by atoms with Crippen molar-refractivity contribution in [3.05, 3.63) is 102 Å². The van der Waals surface area contributed by atoms with E-state index in [1.54, 1.807) is 0 Å². The van der Waals surface area contributed by atoms with Gasteiger partial charge in [0, 0.05) is 0 Å². The van der Waals surface area contributed by atoms with Crippen molar-refractivity contribution in [2.75, 3.05) is 0 Å². The van der Waals surface area contributed by atoms with Crippen molar-refractivity contribution in [3.8, 4) is 11.1 Å². The molecule has 1 aliphatic carbocycles. The zero-order valence-electron chi connectivity index (χ0n) is 15.1. The molecule has 3 aromatic rings. The fourth-order valence-corrected chi connectivity index (χ4v) is 3.63. The SMILES string of the molecule is Cc1ccc(-c2ccc(C3=CC=C(c4ccc(P)cc4)CC3)cc2)cc1. The first-order chi connectivity index (χ1) is 12.7. The van der Waals surface area contributed by atoms with E-state index in [1.807, 2.05) is 0 Å². The van der Waals surface area contributed by atoms with Crippen LogP contribution in [0.4, 0.5) is 0 Å². The van der Waals surface area contributed by atoms with Crippen molar-refractivity contribution in [2.45, 2.75) is 19.8 Å². The van der Waals surface area contributed by atoms with Crippen molar-refractivity contribution in [2.24, 2.45) is 0 Å². The third-order valence-electron chi connectivity index (χ3n) is 5.07. The number of hydrogen-bond acceptors (Lipinski definition) is 0. The molecular weight excluding hydrogens is 331 g/mol. The molecule has 1 aliphatic rings. The van der Waals surface area contributed by atoms with Crippen LogP contribution in [0.5, 0.6) is 0 Å². The Morgan fingerprint density at radius 3 is 1.38 bits per heavy atom. The minimum absolute atomic E-state index is 1.10. The summed E-state index contributed by atoms with van der Waals surface area (Å²) in [4.78, 5) is 0. The monoisotopic (exact) mass is 354 g/mol. The van der Waals surface area contributed by atoms with Crippen molar-refractivity contribution in [3.63, 3.8) is 0 Å². The van der Waals surface area contributed by atoms with Crippen LogP contribution in [0.25, 0.3) is 22.3 Å². The molecule has 0 radical (unpaired) electrons. The summed E-state index contributed by atoms with van der Waals surface area (Å²) in [6.07, 6.45) is 6.76. The molecule has 0 aromatic heterocycles. The second-order valence-electron chi connectivity index (χ2n) is 6.95. The van der Waals surface area contributed by atoms with Crippen LogP contribution in [0, 0.1) is 6.92 Å². The van der Waals surface area contributed by atoms with Crippen molar-refractivity contribution in [1.29, 1.82) is 0 Å². The summed E-state index contributed by atoms with van der Waals surface area (Å²) in [7, 11) is 2.74. The molecule has 4 rings (SSSR count). The molecule has 0 amide bonds. The van der Waals surface area contributed by atoms with Crippen LogP contribution in [-0.2, 0) is 0 Å². The highest BCUT2D eigenvalue weighted by atomic mass is 31.0. The highest BCUT2D eigenvalue weighted by Gasteiger charge is 2.10. The Balaban J connectivity index is 1.54. The van der Waals surface area contributed by atoms with Gasteiger partial charge in [0.1, 0.15) is 0 Å². The highest BCUT2D eigenvalue weighted by molar-refractivity contribution is 7.27. The second-order valence-corrected chi connectivity index (χ2v) is 7.62. The van der Waals surface area contributed by atoms with Gasteiger partial charge in [-0.1, -0.05) is 90.5 Å². The van der Waals surface area contributed by atoms with Gasteiger partial charge in [0.25, 0.3) is 0 Å². The normalized spacial score (nSPS) is 13.9. The van der Waals surface area contributed by atoms with E-state index in [-0.39, 0.29) is 0 Å². The lowest BCUT2D eigenvalue weighted by Gasteiger charge is -2.16. The topological polar surface area (TPSA) is 0 Å². The van der Waals surface area contributed by atoms with Gasteiger partial charge < -0.3 is 0 Å². The molecule has 128 valence electrons. The molecular formula is C25H23P. The Hall–Kier alpha value is -2.43. The van der Waals surface area contributed by atoms with E-state index in [1.165, 1.54) is 44.3 Å². The van der Waals surface area contributed by atoms with Gasteiger partial charge in [0.05, 0.1) is 0 Å². The van der Waals surface area contributed by atoms with Crippen LogP contribution < -0.4 is 5.30 Å². The van der Waals surface area contributed by atoms with Crippen LogP contribution in [0.1, 0.15) is 29.5 Å². The lowest BCUT2D eigenvalue weighted by molar-refractivity contribution is 1.07. The fraction of sp³-hybridized carbons (Fsp3) is 0.120. The van der Waals surface area contributed by atoms with Crippen molar-refractivity contribution < 1.29 is 0 Å². The summed E-state index contributed by atoms with van der Waals surface area (Å²) in [6, 6.07) is 26.4. The van der Waals surface area contributed by atoms with Gasteiger partial charge in [0.15, 0.2) is 0 Å². The lowest BCUT2D eigenvalue weighted by Crippen LogP contribution is -1.96. The lowest BCUT2D eigenvalue weighted by atomic mass is 9.89. The number of hydrogen-bond donors (Lipinski definition) is 0. The number of benzene rings is 3. The average Bonchev–Trinajstić information content (AvgIpc) is 2.70. The third kappa shape index (κ3) is 3.71. The van der Waals surface area contributed by atoms with Crippen LogP contribution in [0.2, 0.25) is 0 Å². The Morgan fingerprint density at radius 1 is 0.538 bits per heavy atom. The van der Waals surface area contributed by atoms with E-state index in [2.05, 4.69) is 101 Å². The van der Waals surface area contributed by atoms with E-state index in [0.29, 0.717) is 0 Å². The standard InChI is InChI=1S/C25H23P/c1-18-2-4-19(5-3-18)20-6-8-21(9-7-20)22-10-12-23(13-11-22)24-14-16-25(26)17-15-24/h2-10,12,14-17H,11,13,26H2,1H3. The summed E-state index contributed by atoms with van der Waals surface area (Å²) in [5.41, 5.74) is 9.37. The molecule has 3 aromatic carbocycles. The molecule has 0 saturated carbocycles. The van der Waals surface area contributed by atoms with Gasteiger partial charge in [-0.25, -0.2) is 0 Å². The summed E-state index contributed by atoms with van der Waals surface area (Å²) >= 11 is 0. The van der Waals surface area contributed by atoms with Crippen LogP contribution in [-0.4, -0.2) is 0 Å². The maximum atomic E-state index is 2.74. The van der Waals surface area contributed by atoms with Crippen LogP contribution >= 0.6 is 9.24 Å². The van der Waals surface area contributed by atoms with E-state index in [4.69, 9.17) is 0 Å². The zero-order valence-corrected chi connectivity index (χ0v) is 16.2. The van der Waals surface area contributed by atoms with Gasteiger partial charge >= 0.3 is 0 Å². The zero-order chi connectivity index (χ0) is 17.9. The molecule has 0 N–H and O–H groups in total. The Morgan fingerprint density at radius 2 is 0.923 bits per heavy atom. The maximum Gasteiger partial charge on any atom is -0.0184 e. The number of aryl methyl sites for hydroxylation is 1. The first-order valence-corrected chi connectivity index (χ1v) is 9.70. The molecule has 0 bridgehead atoms. The summed E-state index contributed by atoms with van der Waals surface area (Å²) < 4.78 is 0. The van der Waals surface area contributed by atoms with Gasteiger partial charge in [-0.05, 0) is 58.5 Å². The average molecular weight is 354 g/mol.